The second-order valence-corrected chi connectivity index (χ2v) is 7.19. The van der Waals surface area contributed by atoms with Crippen LogP contribution in [0.1, 0.15) is 19.3 Å². The SMILES string of the molecule is COc1ccc(S(=O)(=O)N(C)C2CCCC2CN)cc1. The standard InChI is InChI=1S/C14H22N2O3S/c1-16(14-5-3-4-11(14)10-15)20(17,18)13-8-6-12(19-2)7-9-13/h6-9,11,14H,3-5,10,15H2,1-2H3. The van der Waals surface area contributed by atoms with Crippen LogP contribution in [0.3, 0.4) is 0 Å². The first-order chi connectivity index (χ1) is 9.50. The first-order valence-corrected chi connectivity index (χ1v) is 8.27. The predicted octanol–water partition coefficient (Wildman–Crippen LogP) is 1.44. The van der Waals surface area contributed by atoms with Crippen molar-refractivity contribution in [2.75, 3.05) is 20.7 Å². The van der Waals surface area contributed by atoms with Crippen molar-refractivity contribution in [3.8, 4) is 5.75 Å². The molecule has 1 fully saturated rings. The molecule has 1 saturated carbocycles. The predicted molar refractivity (Wildman–Crippen MR) is 78.1 cm³/mol. The van der Waals surface area contributed by atoms with Gasteiger partial charge in [0.05, 0.1) is 12.0 Å². The largest absolute Gasteiger partial charge is 0.497 e. The van der Waals surface area contributed by atoms with Crippen LogP contribution in [0, 0.1) is 5.92 Å². The van der Waals surface area contributed by atoms with E-state index in [1.807, 2.05) is 0 Å². The van der Waals surface area contributed by atoms with Gasteiger partial charge < -0.3 is 10.5 Å². The Morgan fingerprint density at radius 3 is 2.50 bits per heavy atom. The van der Waals surface area contributed by atoms with Crippen LogP contribution in [-0.4, -0.2) is 39.5 Å². The van der Waals surface area contributed by atoms with Crippen LogP contribution in [0.15, 0.2) is 29.2 Å². The van der Waals surface area contributed by atoms with Crippen LogP contribution in [-0.2, 0) is 10.0 Å². The van der Waals surface area contributed by atoms with Gasteiger partial charge in [0.1, 0.15) is 5.75 Å². The molecule has 1 aromatic rings. The molecule has 112 valence electrons. The van der Waals surface area contributed by atoms with Gasteiger partial charge in [-0.2, -0.15) is 4.31 Å². The minimum Gasteiger partial charge on any atom is -0.497 e. The van der Waals surface area contributed by atoms with Gasteiger partial charge in [-0.15, -0.1) is 0 Å². The summed E-state index contributed by atoms with van der Waals surface area (Å²) in [6.07, 6.45) is 2.92. The fourth-order valence-electron chi connectivity index (χ4n) is 2.86. The van der Waals surface area contributed by atoms with E-state index in [-0.39, 0.29) is 12.0 Å². The van der Waals surface area contributed by atoms with Gasteiger partial charge >= 0.3 is 0 Å². The Bertz CT molecular complexity index is 542. The monoisotopic (exact) mass is 298 g/mol. The number of ether oxygens (including phenoxy) is 1. The van der Waals surface area contributed by atoms with E-state index < -0.39 is 10.0 Å². The molecule has 0 saturated heterocycles. The maximum Gasteiger partial charge on any atom is 0.243 e. The van der Waals surface area contributed by atoms with E-state index in [2.05, 4.69) is 0 Å². The average molecular weight is 298 g/mol. The molecular formula is C14H22N2O3S. The third kappa shape index (κ3) is 2.82. The van der Waals surface area contributed by atoms with Crippen molar-refractivity contribution in [2.45, 2.75) is 30.2 Å². The minimum atomic E-state index is -3.47. The molecule has 2 atom stereocenters. The normalized spacial score (nSPS) is 23.2. The average Bonchev–Trinajstić information content (AvgIpc) is 2.94. The zero-order valence-electron chi connectivity index (χ0n) is 12.0. The second kappa shape index (κ2) is 6.11. The van der Waals surface area contributed by atoms with E-state index in [1.165, 1.54) is 4.31 Å². The summed E-state index contributed by atoms with van der Waals surface area (Å²) in [5.74, 6) is 0.903. The lowest BCUT2D eigenvalue weighted by atomic mass is 10.0. The third-order valence-corrected chi connectivity index (χ3v) is 6.02. The number of sulfonamides is 1. The van der Waals surface area contributed by atoms with Gasteiger partial charge in [0.25, 0.3) is 0 Å². The van der Waals surface area contributed by atoms with Crippen LogP contribution in [0.5, 0.6) is 5.75 Å². The molecule has 20 heavy (non-hydrogen) atoms. The number of hydrogen-bond acceptors (Lipinski definition) is 4. The van der Waals surface area contributed by atoms with E-state index in [1.54, 1.807) is 38.4 Å². The Balaban J connectivity index is 2.24. The van der Waals surface area contributed by atoms with Crippen molar-refractivity contribution in [3.05, 3.63) is 24.3 Å². The lowest BCUT2D eigenvalue weighted by Gasteiger charge is -2.28. The minimum absolute atomic E-state index is 0.00658. The molecule has 0 aromatic heterocycles. The maximum atomic E-state index is 12.6. The quantitative estimate of drug-likeness (QED) is 0.893. The Labute approximate surface area is 120 Å². The summed E-state index contributed by atoms with van der Waals surface area (Å²) in [7, 11) is -0.262. The molecule has 0 bridgehead atoms. The Morgan fingerprint density at radius 1 is 1.30 bits per heavy atom. The van der Waals surface area contributed by atoms with Gasteiger partial charge in [0.2, 0.25) is 10.0 Å². The van der Waals surface area contributed by atoms with E-state index in [0.29, 0.717) is 17.2 Å². The molecule has 0 amide bonds. The van der Waals surface area contributed by atoms with Crippen LogP contribution in [0.25, 0.3) is 0 Å². The maximum absolute atomic E-state index is 12.6. The summed E-state index contributed by atoms with van der Waals surface area (Å²) < 4.78 is 31.8. The van der Waals surface area contributed by atoms with Crippen molar-refractivity contribution >= 4 is 10.0 Å². The summed E-state index contributed by atoms with van der Waals surface area (Å²) in [6.45, 7) is 0.535. The highest BCUT2D eigenvalue weighted by atomic mass is 32.2. The highest BCUT2D eigenvalue weighted by molar-refractivity contribution is 7.89. The van der Waals surface area contributed by atoms with E-state index in [0.717, 1.165) is 19.3 Å². The van der Waals surface area contributed by atoms with Gasteiger partial charge in [0, 0.05) is 13.1 Å². The summed E-state index contributed by atoms with van der Waals surface area (Å²) in [5, 5.41) is 0. The van der Waals surface area contributed by atoms with E-state index in [4.69, 9.17) is 10.5 Å². The highest BCUT2D eigenvalue weighted by Gasteiger charge is 2.35. The molecule has 2 rings (SSSR count). The zero-order chi connectivity index (χ0) is 14.8. The van der Waals surface area contributed by atoms with Crippen LogP contribution >= 0.6 is 0 Å². The topological polar surface area (TPSA) is 72.6 Å². The molecule has 1 aliphatic rings. The Morgan fingerprint density at radius 2 is 1.95 bits per heavy atom. The molecule has 0 radical (unpaired) electrons. The fraction of sp³-hybridized carbons (Fsp3) is 0.571. The summed E-state index contributed by atoms with van der Waals surface area (Å²) in [5.41, 5.74) is 5.74. The Kier molecular flexibility index (Phi) is 4.67. The Hall–Kier alpha value is -1.11. The van der Waals surface area contributed by atoms with Crippen LogP contribution < -0.4 is 10.5 Å². The number of benzene rings is 1. The van der Waals surface area contributed by atoms with Gasteiger partial charge in [-0.25, -0.2) is 8.42 Å². The highest BCUT2D eigenvalue weighted by Crippen LogP contribution is 2.32. The molecule has 2 unspecified atom stereocenters. The molecule has 0 heterocycles. The molecule has 6 heteroatoms. The molecule has 1 aromatic carbocycles. The van der Waals surface area contributed by atoms with Crippen molar-refractivity contribution in [1.82, 2.24) is 4.31 Å². The van der Waals surface area contributed by atoms with E-state index >= 15 is 0 Å². The van der Waals surface area contributed by atoms with E-state index in [9.17, 15) is 8.42 Å². The number of nitrogens with two attached hydrogens (primary N) is 1. The number of hydrogen-bond donors (Lipinski definition) is 1. The molecule has 0 spiro atoms. The smallest absolute Gasteiger partial charge is 0.243 e. The summed E-state index contributed by atoms with van der Waals surface area (Å²) in [6, 6.07) is 6.49. The van der Waals surface area contributed by atoms with Gasteiger partial charge in [-0.1, -0.05) is 6.42 Å². The number of rotatable bonds is 5. The number of nitrogens with zero attached hydrogens (tertiary/aromatic N) is 1. The molecule has 1 aliphatic carbocycles. The zero-order valence-corrected chi connectivity index (χ0v) is 12.8. The fourth-order valence-corrected chi connectivity index (χ4v) is 4.31. The van der Waals surface area contributed by atoms with Gasteiger partial charge in [0.15, 0.2) is 0 Å². The lowest BCUT2D eigenvalue weighted by Crippen LogP contribution is -2.41. The molecule has 2 N–H and O–H groups in total. The summed E-state index contributed by atoms with van der Waals surface area (Å²) >= 11 is 0. The first kappa shape index (κ1) is 15.3. The molecule has 5 nitrogen and oxygen atoms in total. The third-order valence-electron chi connectivity index (χ3n) is 4.13. The van der Waals surface area contributed by atoms with Crippen LogP contribution in [0.4, 0.5) is 0 Å². The van der Waals surface area contributed by atoms with Crippen molar-refractivity contribution in [2.24, 2.45) is 11.7 Å². The second-order valence-electron chi connectivity index (χ2n) is 5.19. The van der Waals surface area contributed by atoms with Crippen molar-refractivity contribution < 1.29 is 13.2 Å². The van der Waals surface area contributed by atoms with Crippen molar-refractivity contribution in [1.29, 1.82) is 0 Å². The first-order valence-electron chi connectivity index (χ1n) is 6.83. The van der Waals surface area contributed by atoms with Gasteiger partial charge in [-0.3, -0.25) is 0 Å². The number of methoxy groups -OCH3 is 1. The van der Waals surface area contributed by atoms with Crippen molar-refractivity contribution in [3.63, 3.8) is 0 Å². The molecule has 0 aliphatic heterocycles. The van der Waals surface area contributed by atoms with Gasteiger partial charge in [-0.05, 0) is 49.6 Å². The van der Waals surface area contributed by atoms with Crippen LogP contribution in [0.2, 0.25) is 0 Å². The summed E-state index contributed by atoms with van der Waals surface area (Å²) in [4.78, 5) is 0.295. The molecular weight excluding hydrogens is 276 g/mol. The lowest BCUT2D eigenvalue weighted by molar-refractivity contribution is 0.304.